The first-order chi connectivity index (χ1) is 8.09. The molecule has 18 heavy (non-hydrogen) atoms. The molecule has 0 fully saturated rings. The van der Waals surface area contributed by atoms with Crippen molar-refractivity contribution in [3.63, 3.8) is 0 Å². The van der Waals surface area contributed by atoms with E-state index in [-0.39, 0.29) is 29.5 Å². The molecule has 0 amide bonds. The SMILES string of the molecule is CCC(CC(N)=NO)NS(=O)(=O)CCC(C)(C)C. The Bertz CT molecular complexity index is 371. The Morgan fingerprint density at radius 3 is 2.39 bits per heavy atom. The molecule has 6 nitrogen and oxygen atoms in total. The minimum Gasteiger partial charge on any atom is -0.409 e. The van der Waals surface area contributed by atoms with E-state index in [1.54, 1.807) is 0 Å². The van der Waals surface area contributed by atoms with Crippen LogP contribution >= 0.6 is 0 Å². The van der Waals surface area contributed by atoms with E-state index in [0.29, 0.717) is 12.8 Å². The van der Waals surface area contributed by atoms with Crippen LogP contribution in [-0.2, 0) is 10.0 Å². The van der Waals surface area contributed by atoms with Crippen molar-refractivity contribution in [1.82, 2.24) is 4.72 Å². The molecule has 0 aliphatic rings. The number of nitrogens with one attached hydrogen (secondary N) is 1. The molecular formula is C11H25N3O3S. The van der Waals surface area contributed by atoms with Crippen LogP contribution in [0.3, 0.4) is 0 Å². The fourth-order valence-corrected chi connectivity index (χ4v) is 3.07. The molecule has 0 saturated heterocycles. The van der Waals surface area contributed by atoms with Crippen molar-refractivity contribution in [2.45, 2.75) is 53.0 Å². The van der Waals surface area contributed by atoms with Crippen LogP contribution in [0.5, 0.6) is 0 Å². The van der Waals surface area contributed by atoms with Crippen LogP contribution in [-0.4, -0.2) is 31.3 Å². The third-order valence-electron chi connectivity index (χ3n) is 2.54. The number of nitrogens with zero attached hydrogens (tertiary/aromatic N) is 1. The maximum atomic E-state index is 11.9. The number of oxime groups is 1. The minimum atomic E-state index is -3.32. The number of nitrogens with two attached hydrogens (primary N) is 1. The molecule has 1 unspecified atom stereocenters. The van der Waals surface area contributed by atoms with Crippen molar-refractivity contribution in [1.29, 1.82) is 0 Å². The zero-order chi connectivity index (χ0) is 14.4. The first-order valence-corrected chi connectivity index (χ1v) is 7.71. The molecule has 4 N–H and O–H groups in total. The monoisotopic (exact) mass is 279 g/mol. The van der Waals surface area contributed by atoms with Crippen LogP contribution in [0.1, 0.15) is 47.0 Å². The normalized spacial score (nSPS) is 15.7. The Labute approximate surface area is 110 Å². The van der Waals surface area contributed by atoms with E-state index in [1.165, 1.54) is 0 Å². The highest BCUT2D eigenvalue weighted by Gasteiger charge is 2.20. The summed E-state index contributed by atoms with van der Waals surface area (Å²) < 4.78 is 26.3. The Morgan fingerprint density at radius 2 is 2.00 bits per heavy atom. The maximum Gasteiger partial charge on any atom is 0.211 e. The van der Waals surface area contributed by atoms with Crippen LogP contribution in [0.15, 0.2) is 5.16 Å². The number of sulfonamides is 1. The van der Waals surface area contributed by atoms with E-state index < -0.39 is 10.0 Å². The van der Waals surface area contributed by atoms with Crippen molar-refractivity contribution in [2.24, 2.45) is 16.3 Å². The summed E-state index contributed by atoms with van der Waals surface area (Å²) in [6.45, 7) is 7.84. The smallest absolute Gasteiger partial charge is 0.211 e. The summed E-state index contributed by atoms with van der Waals surface area (Å²) in [5, 5.41) is 11.3. The lowest BCUT2D eigenvalue weighted by atomic mass is 9.94. The number of hydrogen-bond acceptors (Lipinski definition) is 4. The van der Waals surface area contributed by atoms with Gasteiger partial charge in [0.15, 0.2) is 0 Å². The average molecular weight is 279 g/mol. The molecule has 0 bridgehead atoms. The molecule has 0 spiro atoms. The molecule has 108 valence electrons. The van der Waals surface area contributed by atoms with Crippen molar-refractivity contribution >= 4 is 15.9 Å². The molecule has 0 aromatic carbocycles. The van der Waals surface area contributed by atoms with Gasteiger partial charge in [-0.1, -0.05) is 32.9 Å². The summed E-state index contributed by atoms with van der Waals surface area (Å²) in [7, 11) is -3.32. The Morgan fingerprint density at radius 1 is 1.44 bits per heavy atom. The van der Waals surface area contributed by atoms with Gasteiger partial charge in [0.2, 0.25) is 10.0 Å². The van der Waals surface area contributed by atoms with Crippen LogP contribution in [0, 0.1) is 5.41 Å². The summed E-state index contributed by atoms with van der Waals surface area (Å²) in [6.07, 6.45) is 1.38. The lowest BCUT2D eigenvalue weighted by Gasteiger charge is -2.20. The molecule has 0 aliphatic heterocycles. The van der Waals surface area contributed by atoms with Gasteiger partial charge in [-0.2, -0.15) is 0 Å². The van der Waals surface area contributed by atoms with Crippen molar-refractivity contribution < 1.29 is 13.6 Å². The first kappa shape index (κ1) is 17.2. The lowest BCUT2D eigenvalue weighted by Crippen LogP contribution is -2.39. The second-order valence-corrected chi connectivity index (χ2v) is 7.52. The molecule has 0 aromatic rings. The fraction of sp³-hybridized carbons (Fsp3) is 0.909. The van der Waals surface area contributed by atoms with Gasteiger partial charge in [-0.05, 0) is 18.3 Å². The molecule has 0 aromatic heterocycles. The fourth-order valence-electron chi connectivity index (χ4n) is 1.32. The van der Waals surface area contributed by atoms with E-state index in [1.807, 2.05) is 27.7 Å². The highest BCUT2D eigenvalue weighted by atomic mass is 32.2. The highest BCUT2D eigenvalue weighted by Crippen LogP contribution is 2.19. The van der Waals surface area contributed by atoms with Crippen LogP contribution in [0.2, 0.25) is 0 Å². The highest BCUT2D eigenvalue weighted by molar-refractivity contribution is 7.89. The topological polar surface area (TPSA) is 105 Å². The third kappa shape index (κ3) is 8.30. The molecule has 1 atom stereocenters. The van der Waals surface area contributed by atoms with Gasteiger partial charge in [0.1, 0.15) is 5.84 Å². The second kappa shape index (κ2) is 6.94. The summed E-state index contributed by atoms with van der Waals surface area (Å²) in [5.74, 6) is 0.115. The molecule has 7 heteroatoms. The standard InChI is InChI=1S/C11H25N3O3S/c1-5-9(8-10(12)13-15)14-18(16,17)7-6-11(2,3)4/h9,14-15H,5-8H2,1-4H3,(H2,12,13). The molecule has 0 radical (unpaired) electrons. The second-order valence-electron chi connectivity index (χ2n) is 5.65. The van der Waals surface area contributed by atoms with Gasteiger partial charge in [-0.3, -0.25) is 0 Å². The van der Waals surface area contributed by atoms with Gasteiger partial charge in [0.05, 0.1) is 5.75 Å². The summed E-state index contributed by atoms with van der Waals surface area (Å²) in [5.41, 5.74) is 5.35. The number of rotatable bonds is 7. The summed E-state index contributed by atoms with van der Waals surface area (Å²) in [4.78, 5) is 0. The number of hydrogen-bond donors (Lipinski definition) is 3. The largest absolute Gasteiger partial charge is 0.409 e. The van der Waals surface area contributed by atoms with Crippen LogP contribution in [0.4, 0.5) is 0 Å². The molecule has 0 aliphatic carbocycles. The molecule has 0 rings (SSSR count). The summed E-state index contributed by atoms with van der Waals surface area (Å²) >= 11 is 0. The summed E-state index contributed by atoms with van der Waals surface area (Å²) in [6, 6.07) is -0.328. The van der Waals surface area contributed by atoms with E-state index in [9.17, 15) is 8.42 Å². The van der Waals surface area contributed by atoms with Crippen molar-refractivity contribution in [2.75, 3.05) is 5.75 Å². The predicted octanol–water partition coefficient (Wildman–Crippen LogP) is 1.26. The lowest BCUT2D eigenvalue weighted by molar-refractivity contribution is 0.316. The van der Waals surface area contributed by atoms with Crippen molar-refractivity contribution in [3.8, 4) is 0 Å². The molecular weight excluding hydrogens is 254 g/mol. The Hall–Kier alpha value is -0.820. The van der Waals surface area contributed by atoms with Gasteiger partial charge in [0, 0.05) is 12.5 Å². The van der Waals surface area contributed by atoms with Crippen LogP contribution < -0.4 is 10.5 Å². The third-order valence-corrected chi connectivity index (χ3v) is 3.98. The molecule has 0 heterocycles. The van der Waals surface area contributed by atoms with E-state index in [2.05, 4.69) is 9.88 Å². The Kier molecular flexibility index (Phi) is 6.62. The van der Waals surface area contributed by atoms with Gasteiger partial charge >= 0.3 is 0 Å². The zero-order valence-corrected chi connectivity index (χ0v) is 12.4. The van der Waals surface area contributed by atoms with E-state index in [4.69, 9.17) is 10.9 Å². The van der Waals surface area contributed by atoms with Gasteiger partial charge in [0.25, 0.3) is 0 Å². The Balaban J connectivity index is 4.45. The van der Waals surface area contributed by atoms with Gasteiger partial charge in [-0.25, -0.2) is 13.1 Å². The quantitative estimate of drug-likeness (QED) is 0.282. The van der Waals surface area contributed by atoms with Gasteiger partial charge < -0.3 is 10.9 Å². The van der Waals surface area contributed by atoms with Crippen LogP contribution in [0.25, 0.3) is 0 Å². The molecule has 0 saturated carbocycles. The van der Waals surface area contributed by atoms with Crippen molar-refractivity contribution in [3.05, 3.63) is 0 Å². The minimum absolute atomic E-state index is 0.0257. The van der Waals surface area contributed by atoms with E-state index >= 15 is 0 Å². The predicted molar refractivity (Wildman–Crippen MR) is 73.1 cm³/mol. The van der Waals surface area contributed by atoms with E-state index in [0.717, 1.165) is 0 Å². The maximum absolute atomic E-state index is 11.9. The average Bonchev–Trinajstić information content (AvgIpc) is 2.24. The van der Waals surface area contributed by atoms with Gasteiger partial charge in [-0.15, -0.1) is 0 Å². The number of amidine groups is 1. The first-order valence-electron chi connectivity index (χ1n) is 6.06. The zero-order valence-electron chi connectivity index (χ0n) is 11.6.